The number of benzene rings is 2. The fraction of sp³-hybridized carbons (Fsp3) is 0.400. The molecule has 31 heavy (non-hydrogen) atoms. The first kappa shape index (κ1) is 24.1. The highest BCUT2D eigenvalue weighted by Crippen LogP contribution is 2.28. The summed E-state index contributed by atoms with van der Waals surface area (Å²) in [5.41, 5.74) is 1.62. The largest absolute Gasteiger partial charge is 0.455 e. The smallest absolute Gasteiger partial charge is 0.314 e. The normalized spacial score (nSPS) is 12.7. The second kappa shape index (κ2) is 11.9. The SMILES string of the molecule is CC[C@H](C)[C@H](C(=O)OCC(=O)Nc1ccccc1C(=O)NCC(C)C)c1ccccc1. The third-order valence-corrected chi connectivity index (χ3v) is 5.09. The molecule has 0 aromatic heterocycles. The fourth-order valence-corrected chi connectivity index (χ4v) is 3.19. The molecule has 0 unspecified atom stereocenters. The minimum absolute atomic E-state index is 0.0725. The zero-order valence-corrected chi connectivity index (χ0v) is 18.7. The van der Waals surface area contributed by atoms with E-state index in [0.29, 0.717) is 23.7 Å². The van der Waals surface area contributed by atoms with Crippen molar-refractivity contribution in [1.29, 1.82) is 0 Å². The average Bonchev–Trinajstić information content (AvgIpc) is 2.77. The van der Waals surface area contributed by atoms with Crippen LogP contribution in [0.15, 0.2) is 54.6 Å². The van der Waals surface area contributed by atoms with Crippen LogP contribution in [-0.4, -0.2) is 30.9 Å². The Kier molecular flexibility index (Phi) is 9.25. The maximum absolute atomic E-state index is 12.8. The number of carbonyl (C=O) groups is 3. The Morgan fingerprint density at radius 1 is 0.935 bits per heavy atom. The van der Waals surface area contributed by atoms with Crippen molar-refractivity contribution in [2.75, 3.05) is 18.5 Å². The Morgan fingerprint density at radius 2 is 1.58 bits per heavy atom. The molecule has 0 aliphatic heterocycles. The molecular formula is C25H32N2O4. The molecular weight excluding hydrogens is 392 g/mol. The van der Waals surface area contributed by atoms with Gasteiger partial charge in [-0.15, -0.1) is 0 Å². The molecule has 2 N–H and O–H groups in total. The van der Waals surface area contributed by atoms with Crippen LogP contribution in [0.4, 0.5) is 5.69 Å². The number of amides is 2. The zero-order valence-electron chi connectivity index (χ0n) is 18.7. The predicted molar refractivity (Wildman–Crippen MR) is 122 cm³/mol. The van der Waals surface area contributed by atoms with Gasteiger partial charge in [0, 0.05) is 6.54 Å². The Hall–Kier alpha value is -3.15. The van der Waals surface area contributed by atoms with Crippen molar-refractivity contribution >= 4 is 23.5 Å². The summed E-state index contributed by atoms with van der Waals surface area (Å²) in [5.74, 6) is -1.24. The molecule has 2 rings (SSSR count). The van der Waals surface area contributed by atoms with Gasteiger partial charge in [0.1, 0.15) is 0 Å². The van der Waals surface area contributed by atoms with E-state index in [1.807, 2.05) is 58.0 Å². The molecule has 0 radical (unpaired) electrons. The molecule has 0 heterocycles. The van der Waals surface area contributed by atoms with Crippen molar-refractivity contribution in [3.63, 3.8) is 0 Å². The number of hydrogen-bond acceptors (Lipinski definition) is 4. The van der Waals surface area contributed by atoms with E-state index in [0.717, 1.165) is 12.0 Å². The molecule has 0 aliphatic carbocycles. The Morgan fingerprint density at radius 3 is 2.23 bits per heavy atom. The molecule has 6 nitrogen and oxygen atoms in total. The maximum atomic E-state index is 12.8. The first-order valence-electron chi connectivity index (χ1n) is 10.7. The van der Waals surface area contributed by atoms with E-state index in [1.165, 1.54) is 0 Å². The first-order valence-corrected chi connectivity index (χ1v) is 10.7. The van der Waals surface area contributed by atoms with E-state index in [-0.39, 0.29) is 11.8 Å². The lowest BCUT2D eigenvalue weighted by Gasteiger charge is -2.22. The first-order chi connectivity index (χ1) is 14.8. The average molecular weight is 425 g/mol. The summed E-state index contributed by atoms with van der Waals surface area (Å²) in [5, 5.41) is 5.52. The number of nitrogens with one attached hydrogen (secondary N) is 2. The number of para-hydroxylation sites is 1. The number of esters is 1. The van der Waals surface area contributed by atoms with Crippen molar-refractivity contribution in [1.82, 2.24) is 5.32 Å². The lowest BCUT2D eigenvalue weighted by Crippen LogP contribution is -2.30. The molecule has 6 heteroatoms. The van der Waals surface area contributed by atoms with Gasteiger partial charge in [-0.3, -0.25) is 14.4 Å². The van der Waals surface area contributed by atoms with Crippen LogP contribution in [0.2, 0.25) is 0 Å². The van der Waals surface area contributed by atoms with Crippen molar-refractivity contribution in [3.05, 3.63) is 65.7 Å². The number of rotatable bonds is 10. The molecule has 2 atom stereocenters. The summed E-state index contributed by atoms with van der Waals surface area (Å²) in [6.45, 7) is 8.14. The second-order valence-corrected chi connectivity index (χ2v) is 8.08. The van der Waals surface area contributed by atoms with Crippen molar-refractivity contribution in [2.24, 2.45) is 11.8 Å². The quantitative estimate of drug-likeness (QED) is 0.554. The van der Waals surface area contributed by atoms with E-state index >= 15 is 0 Å². The van der Waals surface area contributed by atoms with E-state index < -0.39 is 24.4 Å². The molecule has 0 fully saturated rings. The number of carbonyl (C=O) groups excluding carboxylic acids is 3. The van der Waals surface area contributed by atoms with E-state index in [4.69, 9.17) is 4.74 Å². The highest BCUT2D eigenvalue weighted by molar-refractivity contribution is 6.04. The molecule has 0 saturated carbocycles. The predicted octanol–water partition coefficient (Wildman–Crippen LogP) is 4.38. The van der Waals surface area contributed by atoms with Crippen LogP contribution < -0.4 is 10.6 Å². The highest BCUT2D eigenvalue weighted by atomic mass is 16.5. The summed E-state index contributed by atoms with van der Waals surface area (Å²) in [6, 6.07) is 16.2. The van der Waals surface area contributed by atoms with Crippen molar-refractivity contribution in [2.45, 2.75) is 40.0 Å². The third kappa shape index (κ3) is 7.24. The summed E-state index contributed by atoms with van der Waals surface area (Å²) in [7, 11) is 0. The molecule has 166 valence electrons. The maximum Gasteiger partial charge on any atom is 0.314 e. The lowest BCUT2D eigenvalue weighted by molar-refractivity contribution is -0.150. The van der Waals surface area contributed by atoms with E-state index in [1.54, 1.807) is 24.3 Å². The van der Waals surface area contributed by atoms with Crippen LogP contribution in [0.25, 0.3) is 0 Å². The summed E-state index contributed by atoms with van der Waals surface area (Å²) < 4.78 is 5.34. The van der Waals surface area contributed by atoms with Gasteiger partial charge in [-0.05, 0) is 29.5 Å². The Bertz CT molecular complexity index is 880. The van der Waals surface area contributed by atoms with Gasteiger partial charge in [-0.2, -0.15) is 0 Å². The highest BCUT2D eigenvalue weighted by Gasteiger charge is 2.28. The number of anilines is 1. The van der Waals surface area contributed by atoms with Gasteiger partial charge in [0.15, 0.2) is 6.61 Å². The van der Waals surface area contributed by atoms with Crippen molar-refractivity contribution < 1.29 is 19.1 Å². The molecule has 2 amide bonds. The van der Waals surface area contributed by atoms with Gasteiger partial charge in [-0.25, -0.2) is 0 Å². The lowest BCUT2D eigenvalue weighted by atomic mass is 9.86. The van der Waals surface area contributed by atoms with Crippen LogP contribution in [0, 0.1) is 11.8 Å². The zero-order chi connectivity index (χ0) is 22.8. The number of hydrogen-bond donors (Lipinski definition) is 2. The van der Waals surface area contributed by atoms with Crippen LogP contribution in [0.5, 0.6) is 0 Å². The van der Waals surface area contributed by atoms with Crippen LogP contribution in [0.3, 0.4) is 0 Å². The van der Waals surface area contributed by atoms with Gasteiger partial charge < -0.3 is 15.4 Å². The minimum atomic E-state index is -0.492. The molecule has 0 saturated heterocycles. The van der Waals surface area contributed by atoms with Crippen LogP contribution in [0.1, 0.15) is 56.0 Å². The topological polar surface area (TPSA) is 84.5 Å². The summed E-state index contributed by atoms with van der Waals surface area (Å²) in [4.78, 5) is 37.6. The monoisotopic (exact) mass is 424 g/mol. The van der Waals surface area contributed by atoms with Gasteiger partial charge in [0.2, 0.25) is 0 Å². The van der Waals surface area contributed by atoms with Gasteiger partial charge >= 0.3 is 5.97 Å². The van der Waals surface area contributed by atoms with Gasteiger partial charge in [0.25, 0.3) is 11.8 Å². The molecule has 2 aromatic carbocycles. The van der Waals surface area contributed by atoms with Gasteiger partial charge in [-0.1, -0.05) is 76.6 Å². The van der Waals surface area contributed by atoms with E-state index in [9.17, 15) is 14.4 Å². The van der Waals surface area contributed by atoms with Gasteiger partial charge in [0.05, 0.1) is 17.2 Å². The second-order valence-electron chi connectivity index (χ2n) is 8.08. The molecule has 0 aliphatic rings. The minimum Gasteiger partial charge on any atom is -0.455 e. The van der Waals surface area contributed by atoms with Crippen LogP contribution in [-0.2, 0) is 14.3 Å². The molecule has 0 bridgehead atoms. The number of ether oxygens (including phenoxy) is 1. The summed E-state index contributed by atoms with van der Waals surface area (Å²) >= 11 is 0. The summed E-state index contributed by atoms with van der Waals surface area (Å²) in [6.07, 6.45) is 0.805. The van der Waals surface area contributed by atoms with Crippen LogP contribution >= 0.6 is 0 Å². The molecule has 2 aromatic rings. The Balaban J connectivity index is 2.01. The Labute approximate surface area is 184 Å². The standard InChI is InChI=1S/C25H32N2O4/c1-5-18(4)23(19-11-7-6-8-12-19)25(30)31-16-22(28)27-21-14-10-9-13-20(21)24(29)26-15-17(2)3/h6-14,17-18,23H,5,15-16H2,1-4H3,(H,26,29)(H,27,28)/t18-,23-/m0/s1. The molecule has 0 spiro atoms. The van der Waals surface area contributed by atoms with E-state index in [2.05, 4.69) is 10.6 Å². The fourth-order valence-electron chi connectivity index (χ4n) is 3.19. The van der Waals surface area contributed by atoms with Crippen molar-refractivity contribution in [3.8, 4) is 0 Å². The third-order valence-electron chi connectivity index (χ3n) is 5.09.